The van der Waals surface area contributed by atoms with Gasteiger partial charge in [-0.2, -0.15) is 0 Å². The number of ether oxygens (including phenoxy) is 2. The number of hydrogen-bond donors (Lipinski definition) is 0. The van der Waals surface area contributed by atoms with Crippen molar-refractivity contribution in [2.75, 3.05) is 38.1 Å². The smallest absolute Gasteiger partial charge is 0.340 e. The van der Waals surface area contributed by atoms with E-state index >= 15 is 0 Å². The standard InChI is InChI=1S/C16H15BrN2O4.C16H14BrNO4.C16H14BrNO/c1-10-4-6-14(15(8-10)19(21)22)18(2)13-7-5-11(17)9-12(13)16(20)23-3;1-10-3-4-12(15(7-10)18(20)21)8-11-5-6-13(17)9-14(11)16(19)22-2;1-10-3-5-14-11(7-10)8-16(19)13-9-12(17)4-6-15(13)18(14)2/h4-9H,1-3H3;3-7,9H,8H2,1-2H3;3-7,9H,8H2,1-2H3. The first-order chi connectivity index (χ1) is 30.3. The number of hydrogen-bond acceptors (Lipinski definition) is 11. The average molecular weight is 1060 g/mol. The Morgan fingerprint density at radius 2 is 1.12 bits per heavy atom. The number of rotatable bonds is 8. The van der Waals surface area contributed by atoms with Gasteiger partial charge in [-0.25, -0.2) is 9.59 Å². The fourth-order valence-corrected chi connectivity index (χ4v) is 8.16. The second-order valence-corrected chi connectivity index (χ2v) is 17.5. The zero-order valence-corrected chi connectivity index (χ0v) is 40.7. The summed E-state index contributed by atoms with van der Waals surface area (Å²) in [4.78, 5) is 61.7. The summed E-state index contributed by atoms with van der Waals surface area (Å²) in [7, 11) is 6.29. The van der Waals surface area contributed by atoms with Crippen LogP contribution in [0.4, 0.5) is 34.1 Å². The molecular formula is C48H43Br3N4O9. The van der Waals surface area contributed by atoms with Crippen LogP contribution in [0, 0.1) is 41.0 Å². The van der Waals surface area contributed by atoms with E-state index in [2.05, 4.69) is 77.8 Å². The van der Waals surface area contributed by atoms with Crippen LogP contribution in [0.15, 0.2) is 123 Å². The largest absolute Gasteiger partial charge is 0.465 e. The number of halogens is 3. The van der Waals surface area contributed by atoms with E-state index in [9.17, 15) is 34.6 Å². The fraction of sp³-hybridized carbons (Fsp3) is 0.188. The molecule has 0 N–H and O–H groups in total. The third-order valence-corrected chi connectivity index (χ3v) is 11.8. The molecule has 6 aromatic carbocycles. The van der Waals surface area contributed by atoms with Crippen molar-refractivity contribution in [1.82, 2.24) is 0 Å². The van der Waals surface area contributed by atoms with E-state index < -0.39 is 21.8 Å². The molecule has 0 saturated heterocycles. The van der Waals surface area contributed by atoms with Crippen molar-refractivity contribution < 1.29 is 33.7 Å². The van der Waals surface area contributed by atoms with Crippen LogP contribution in [0.2, 0.25) is 0 Å². The molecule has 1 aliphatic rings. The van der Waals surface area contributed by atoms with Crippen molar-refractivity contribution in [2.45, 2.75) is 33.6 Å². The van der Waals surface area contributed by atoms with Gasteiger partial charge in [0.15, 0.2) is 5.78 Å². The second-order valence-electron chi connectivity index (χ2n) is 14.8. The number of aryl methyl sites for hydroxylation is 3. The van der Waals surface area contributed by atoms with Crippen LogP contribution in [0.25, 0.3) is 0 Å². The van der Waals surface area contributed by atoms with E-state index in [-0.39, 0.29) is 23.6 Å². The lowest BCUT2D eigenvalue weighted by Crippen LogP contribution is -2.16. The van der Waals surface area contributed by atoms with Gasteiger partial charge in [-0.15, -0.1) is 0 Å². The highest BCUT2D eigenvalue weighted by atomic mass is 79.9. The molecule has 0 radical (unpaired) electrons. The molecule has 1 aliphatic heterocycles. The number of nitro groups is 2. The Labute approximate surface area is 395 Å². The Kier molecular flexibility index (Phi) is 16.3. The number of ketones is 1. The fourth-order valence-electron chi connectivity index (χ4n) is 7.07. The van der Waals surface area contributed by atoms with Gasteiger partial charge in [0.1, 0.15) is 5.69 Å². The lowest BCUT2D eigenvalue weighted by atomic mass is 9.98. The molecule has 0 aromatic heterocycles. The topological polar surface area (TPSA) is 162 Å². The first kappa shape index (κ1) is 48.8. The number of fused-ring (bicyclic) bond motifs is 2. The Morgan fingerprint density at radius 3 is 1.77 bits per heavy atom. The highest BCUT2D eigenvalue weighted by molar-refractivity contribution is 9.11. The first-order valence-corrected chi connectivity index (χ1v) is 21.8. The van der Waals surface area contributed by atoms with Crippen LogP contribution in [0.5, 0.6) is 0 Å². The number of benzene rings is 6. The minimum absolute atomic E-state index is 0.0220. The zero-order valence-electron chi connectivity index (χ0n) is 35.9. The summed E-state index contributed by atoms with van der Waals surface area (Å²) >= 11 is 10.1. The molecule has 7 rings (SSSR count). The monoisotopic (exact) mass is 1060 g/mol. The van der Waals surface area contributed by atoms with Crippen molar-refractivity contribution >= 4 is 99.6 Å². The maximum absolute atomic E-state index is 12.4. The second kappa shape index (κ2) is 21.4. The van der Waals surface area contributed by atoms with E-state index in [1.54, 1.807) is 80.4 Å². The van der Waals surface area contributed by atoms with Gasteiger partial charge in [0.2, 0.25) is 0 Å². The van der Waals surface area contributed by atoms with E-state index in [4.69, 9.17) is 9.47 Å². The van der Waals surface area contributed by atoms with Crippen LogP contribution >= 0.6 is 47.8 Å². The molecule has 330 valence electrons. The molecule has 0 aliphatic carbocycles. The quantitative estimate of drug-likeness (QED) is 0.0810. The third-order valence-electron chi connectivity index (χ3n) is 10.3. The molecule has 0 amide bonds. The molecule has 0 spiro atoms. The highest BCUT2D eigenvalue weighted by Crippen LogP contribution is 2.38. The van der Waals surface area contributed by atoms with E-state index in [1.165, 1.54) is 31.9 Å². The SMILES string of the molecule is COC(=O)c1cc(Br)ccc1Cc1ccc(C)cc1[N+](=O)[O-].COC(=O)c1cc(Br)ccc1N(C)c1ccc(C)cc1[N+](=O)[O-].Cc1ccc2c(c1)CC(=O)c1cc(Br)ccc1N2C. The van der Waals surface area contributed by atoms with Crippen molar-refractivity contribution in [2.24, 2.45) is 0 Å². The number of Topliss-reactive ketones (excluding diaryl/α,β-unsaturated/α-hetero) is 1. The summed E-state index contributed by atoms with van der Waals surface area (Å²) in [5.41, 5.74) is 9.66. The van der Waals surface area contributed by atoms with Crippen molar-refractivity contribution in [3.8, 4) is 0 Å². The molecule has 6 aromatic rings. The van der Waals surface area contributed by atoms with Gasteiger partial charge in [-0.1, -0.05) is 89.8 Å². The van der Waals surface area contributed by atoms with Gasteiger partial charge in [-0.3, -0.25) is 25.0 Å². The lowest BCUT2D eigenvalue weighted by Gasteiger charge is -2.22. The molecule has 64 heavy (non-hydrogen) atoms. The number of carbonyl (C=O) groups is 3. The van der Waals surface area contributed by atoms with Crippen LogP contribution < -0.4 is 9.80 Å². The Bertz CT molecular complexity index is 2800. The zero-order chi connectivity index (χ0) is 47.0. The van der Waals surface area contributed by atoms with Gasteiger partial charge >= 0.3 is 11.9 Å². The highest BCUT2D eigenvalue weighted by Gasteiger charge is 2.25. The molecular weight excluding hydrogens is 1020 g/mol. The van der Waals surface area contributed by atoms with Crippen molar-refractivity contribution in [3.05, 3.63) is 193 Å². The molecule has 0 bridgehead atoms. The predicted molar refractivity (Wildman–Crippen MR) is 259 cm³/mol. The van der Waals surface area contributed by atoms with E-state index in [0.29, 0.717) is 44.5 Å². The van der Waals surface area contributed by atoms with Crippen LogP contribution in [-0.2, 0) is 22.3 Å². The Balaban J connectivity index is 0.000000181. The first-order valence-electron chi connectivity index (χ1n) is 19.5. The van der Waals surface area contributed by atoms with Gasteiger partial charge in [0, 0.05) is 69.3 Å². The molecule has 0 atom stereocenters. The van der Waals surface area contributed by atoms with Gasteiger partial charge < -0.3 is 19.3 Å². The average Bonchev–Trinajstić information content (AvgIpc) is 3.36. The molecule has 16 heteroatoms. The summed E-state index contributed by atoms with van der Waals surface area (Å²) in [5.74, 6) is -0.804. The van der Waals surface area contributed by atoms with Crippen LogP contribution in [0.3, 0.4) is 0 Å². The summed E-state index contributed by atoms with van der Waals surface area (Å²) in [6, 6.07) is 32.5. The summed E-state index contributed by atoms with van der Waals surface area (Å²) in [6.07, 6.45) is 0.749. The minimum atomic E-state index is -0.511. The number of esters is 2. The van der Waals surface area contributed by atoms with Crippen molar-refractivity contribution in [3.63, 3.8) is 0 Å². The van der Waals surface area contributed by atoms with Gasteiger partial charge in [0.25, 0.3) is 11.4 Å². The molecule has 0 fully saturated rings. The maximum atomic E-state index is 12.4. The maximum Gasteiger partial charge on any atom is 0.340 e. The number of methoxy groups -OCH3 is 2. The van der Waals surface area contributed by atoms with Gasteiger partial charge in [-0.05, 0) is 104 Å². The number of nitro benzene ring substituents is 2. The normalized spacial score (nSPS) is 11.3. The summed E-state index contributed by atoms with van der Waals surface area (Å²) < 4.78 is 12.0. The summed E-state index contributed by atoms with van der Waals surface area (Å²) in [5, 5.41) is 22.5. The van der Waals surface area contributed by atoms with E-state index in [0.717, 1.165) is 42.6 Å². The Morgan fingerprint density at radius 1 is 0.641 bits per heavy atom. The van der Waals surface area contributed by atoms with Crippen molar-refractivity contribution in [1.29, 1.82) is 0 Å². The number of nitrogens with zero attached hydrogens (tertiary/aromatic N) is 4. The number of anilines is 4. The minimum Gasteiger partial charge on any atom is -0.465 e. The predicted octanol–water partition coefficient (Wildman–Crippen LogP) is 12.5. The molecule has 13 nitrogen and oxygen atoms in total. The third kappa shape index (κ3) is 11.7. The molecule has 0 saturated carbocycles. The van der Waals surface area contributed by atoms with Crippen LogP contribution in [0.1, 0.15) is 64.5 Å². The molecule has 1 heterocycles. The summed E-state index contributed by atoms with van der Waals surface area (Å²) in [6.45, 7) is 5.64. The van der Waals surface area contributed by atoms with Crippen LogP contribution in [-0.4, -0.2) is 55.9 Å². The molecule has 0 unspecified atom stereocenters. The van der Waals surface area contributed by atoms with Gasteiger partial charge in [0.05, 0.1) is 46.6 Å². The Hall–Kier alpha value is -6.23. The lowest BCUT2D eigenvalue weighted by molar-refractivity contribution is -0.385. The number of carbonyl (C=O) groups excluding carboxylic acids is 3. The van der Waals surface area contributed by atoms with E-state index in [1.807, 2.05) is 31.3 Å².